The van der Waals surface area contributed by atoms with E-state index in [2.05, 4.69) is 9.73 Å². The summed E-state index contributed by atoms with van der Waals surface area (Å²) in [6.07, 6.45) is -0.710. The Morgan fingerprint density at radius 2 is 2.00 bits per heavy atom. The third kappa shape index (κ3) is 4.73. The number of halogens is 3. The monoisotopic (exact) mass is 264 g/mol. The van der Waals surface area contributed by atoms with E-state index >= 15 is 0 Å². The molecule has 1 amide bonds. The van der Waals surface area contributed by atoms with E-state index in [0.717, 1.165) is 6.07 Å². The number of amides is 1. The number of alkyl carbamates (subject to hydrolysis) is 1. The molecule has 0 aliphatic rings. The van der Waals surface area contributed by atoms with E-state index in [1.54, 1.807) is 20.8 Å². The van der Waals surface area contributed by atoms with E-state index in [9.17, 15) is 17.7 Å². The molecule has 4 nitrogen and oxygen atoms in total. The second-order valence-electron chi connectivity index (χ2n) is 4.73. The van der Waals surface area contributed by atoms with Crippen LogP contribution in [0, 0.1) is 0 Å². The molecule has 1 rings (SSSR count). The Bertz CT molecular complexity index is 423. The van der Waals surface area contributed by atoms with Crippen LogP contribution >= 0.6 is 0 Å². The van der Waals surface area contributed by atoms with Crippen molar-refractivity contribution in [2.45, 2.75) is 32.9 Å². The predicted octanol–water partition coefficient (Wildman–Crippen LogP) is 2.36. The summed E-state index contributed by atoms with van der Waals surface area (Å²) < 4.78 is 46.3. The summed E-state index contributed by atoms with van der Waals surface area (Å²) >= 11 is 0. The van der Waals surface area contributed by atoms with Crippen molar-refractivity contribution in [1.29, 1.82) is 0 Å². The topological polar surface area (TPSA) is 51.5 Å². The van der Waals surface area contributed by atoms with Gasteiger partial charge in [-0.1, -0.05) is 6.07 Å². The molecule has 18 heavy (non-hydrogen) atoms. The summed E-state index contributed by atoms with van der Waals surface area (Å²) in [5, 5.41) is 2.30. The molecule has 1 aromatic rings. The van der Waals surface area contributed by atoms with Crippen LogP contribution in [0.1, 0.15) is 26.5 Å². The van der Waals surface area contributed by atoms with Crippen LogP contribution < -0.4 is 11.0 Å². The Labute approximate surface area is 103 Å². The summed E-state index contributed by atoms with van der Waals surface area (Å²) in [6, 6.07) is 2.01. The van der Waals surface area contributed by atoms with E-state index in [-0.39, 0.29) is 12.3 Å². The first kappa shape index (κ1) is 14.5. The van der Waals surface area contributed by atoms with Crippen molar-refractivity contribution in [2.75, 3.05) is 0 Å². The maximum Gasteiger partial charge on any atom is 0.544 e. The van der Waals surface area contributed by atoms with Gasteiger partial charge in [-0.2, -0.15) is 0 Å². The SMILES string of the molecule is CC(C)(C)OC(=O)NCc1ccc([B-](F)(F)F)o1. The Kier molecular flexibility index (Phi) is 3.98. The Morgan fingerprint density at radius 1 is 1.39 bits per heavy atom. The molecule has 0 radical (unpaired) electrons. The minimum absolute atomic E-state index is 0.0232. The van der Waals surface area contributed by atoms with Crippen LogP contribution in [0.2, 0.25) is 0 Å². The van der Waals surface area contributed by atoms with Crippen molar-refractivity contribution in [1.82, 2.24) is 5.32 Å². The maximum absolute atomic E-state index is 12.3. The van der Waals surface area contributed by atoms with Gasteiger partial charge in [-0.05, 0) is 26.8 Å². The third-order valence-corrected chi connectivity index (χ3v) is 1.81. The zero-order valence-corrected chi connectivity index (χ0v) is 10.3. The summed E-state index contributed by atoms with van der Waals surface area (Å²) in [5.41, 5.74) is -1.69. The number of carbonyl (C=O) groups excluding carboxylic acids is 1. The van der Waals surface area contributed by atoms with Crippen molar-refractivity contribution in [3.63, 3.8) is 0 Å². The Hall–Kier alpha value is -1.60. The van der Waals surface area contributed by atoms with Crippen LogP contribution in [0.4, 0.5) is 17.7 Å². The molecule has 0 saturated heterocycles. The highest BCUT2D eigenvalue weighted by atomic mass is 19.4. The largest absolute Gasteiger partial charge is 0.544 e. The van der Waals surface area contributed by atoms with E-state index in [1.807, 2.05) is 0 Å². The Morgan fingerprint density at radius 3 is 2.44 bits per heavy atom. The number of hydrogen-bond donors (Lipinski definition) is 1. The van der Waals surface area contributed by atoms with Gasteiger partial charge in [0.2, 0.25) is 0 Å². The lowest BCUT2D eigenvalue weighted by Gasteiger charge is -2.19. The highest BCUT2D eigenvalue weighted by molar-refractivity contribution is 6.72. The fourth-order valence-electron chi connectivity index (χ4n) is 1.14. The standard InChI is InChI=1S/C10H14BF3NO3/c1-10(2,3)18-9(16)15-6-7-4-5-8(17-7)11(12,13)14/h4-5H,6H2,1-3H3,(H,15,16)/q-1. The number of nitrogens with one attached hydrogen (secondary N) is 1. The van der Waals surface area contributed by atoms with Crippen molar-refractivity contribution in [3.8, 4) is 0 Å². The first-order valence-electron chi connectivity index (χ1n) is 5.33. The molecule has 1 aromatic heterocycles. The van der Waals surface area contributed by atoms with Gasteiger partial charge in [0.15, 0.2) is 0 Å². The lowest BCUT2D eigenvalue weighted by Crippen LogP contribution is -2.33. The molecule has 1 heterocycles. The van der Waals surface area contributed by atoms with Crippen LogP contribution in [0.15, 0.2) is 16.5 Å². The van der Waals surface area contributed by atoms with Gasteiger partial charge in [0.25, 0.3) is 0 Å². The van der Waals surface area contributed by atoms with Crippen molar-refractivity contribution >= 4 is 18.7 Å². The predicted molar refractivity (Wildman–Crippen MR) is 60.5 cm³/mol. The van der Waals surface area contributed by atoms with Gasteiger partial charge in [-0.3, -0.25) is 0 Å². The molecule has 8 heteroatoms. The van der Waals surface area contributed by atoms with Crippen LogP contribution in [-0.2, 0) is 11.3 Å². The summed E-state index contributed by atoms with van der Waals surface area (Å²) in [7, 11) is 0. The van der Waals surface area contributed by atoms with Crippen molar-refractivity contribution in [3.05, 3.63) is 17.9 Å². The minimum Gasteiger partial charge on any atom is -0.496 e. The molecule has 0 spiro atoms. The molecule has 0 saturated carbocycles. The smallest absolute Gasteiger partial charge is 0.496 e. The highest BCUT2D eigenvalue weighted by Crippen LogP contribution is 2.11. The average molecular weight is 264 g/mol. The maximum atomic E-state index is 12.3. The lowest BCUT2D eigenvalue weighted by atomic mass is 9.88. The molecular formula is C10H14BF3NO3-. The molecule has 0 unspecified atom stereocenters. The van der Waals surface area contributed by atoms with Gasteiger partial charge in [0.1, 0.15) is 11.4 Å². The molecule has 0 aromatic carbocycles. The summed E-state index contributed by atoms with van der Waals surface area (Å²) in [4.78, 5) is 11.2. The van der Waals surface area contributed by atoms with Crippen LogP contribution in [-0.4, -0.2) is 18.7 Å². The van der Waals surface area contributed by atoms with E-state index in [1.165, 1.54) is 6.07 Å². The second-order valence-corrected chi connectivity index (χ2v) is 4.73. The molecule has 0 bridgehead atoms. The molecule has 102 valence electrons. The summed E-state index contributed by atoms with van der Waals surface area (Å²) in [5.74, 6) is 0.0232. The Balaban J connectivity index is 2.50. The quantitative estimate of drug-likeness (QED) is 0.852. The molecule has 0 fully saturated rings. The fraction of sp³-hybridized carbons (Fsp3) is 0.500. The van der Waals surface area contributed by atoms with E-state index < -0.39 is 24.3 Å². The van der Waals surface area contributed by atoms with Crippen LogP contribution in [0.3, 0.4) is 0 Å². The zero-order valence-electron chi connectivity index (χ0n) is 10.3. The molecule has 0 aliphatic carbocycles. The van der Waals surface area contributed by atoms with Gasteiger partial charge in [-0.15, -0.1) is 0 Å². The first-order valence-corrected chi connectivity index (χ1v) is 5.33. The van der Waals surface area contributed by atoms with Gasteiger partial charge in [0.05, 0.1) is 6.54 Å². The van der Waals surface area contributed by atoms with Gasteiger partial charge in [0, 0.05) is 5.66 Å². The van der Waals surface area contributed by atoms with Gasteiger partial charge < -0.3 is 27.4 Å². The van der Waals surface area contributed by atoms with Gasteiger partial charge >= 0.3 is 13.1 Å². The highest BCUT2D eigenvalue weighted by Gasteiger charge is 2.29. The normalized spacial score (nSPS) is 12.3. The first-order chi connectivity index (χ1) is 8.08. The number of carbonyl (C=O) groups is 1. The summed E-state index contributed by atoms with van der Waals surface area (Å²) in [6.45, 7) is -0.250. The minimum atomic E-state index is -5.15. The lowest BCUT2D eigenvalue weighted by molar-refractivity contribution is 0.0520. The third-order valence-electron chi connectivity index (χ3n) is 1.81. The van der Waals surface area contributed by atoms with E-state index in [4.69, 9.17) is 4.74 Å². The van der Waals surface area contributed by atoms with Crippen LogP contribution in [0.5, 0.6) is 0 Å². The van der Waals surface area contributed by atoms with Crippen molar-refractivity contribution < 1.29 is 26.9 Å². The number of hydrogen-bond acceptors (Lipinski definition) is 3. The molecule has 0 aliphatic heterocycles. The molecular weight excluding hydrogens is 250 g/mol. The van der Waals surface area contributed by atoms with Crippen LogP contribution in [0.25, 0.3) is 0 Å². The average Bonchev–Trinajstić information content (AvgIpc) is 2.59. The van der Waals surface area contributed by atoms with Crippen molar-refractivity contribution in [2.24, 2.45) is 0 Å². The second kappa shape index (κ2) is 4.95. The number of furan rings is 1. The number of ether oxygens (including phenoxy) is 1. The molecule has 1 N–H and O–H groups in total. The zero-order chi connectivity index (χ0) is 14.0. The van der Waals surface area contributed by atoms with E-state index in [0.29, 0.717) is 0 Å². The number of rotatable bonds is 3. The fourth-order valence-corrected chi connectivity index (χ4v) is 1.14. The van der Waals surface area contributed by atoms with Gasteiger partial charge in [-0.25, -0.2) is 4.79 Å². The molecule has 0 atom stereocenters.